The van der Waals surface area contributed by atoms with Gasteiger partial charge < -0.3 is 5.11 Å². The average molecular weight is 284 g/mol. The van der Waals surface area contributed by atoms with Crippen molar-refractivity contribution in [3.8, 4) is 0 Å². The van der Waals surface area contributed by atoms with Gasteiger partial charge in [-0.2, -0.15) is 0 Å². The van der Waals surface area contributed by atoms with Crippen molar-refractivity contribution < 1.29 is 9.90 Å². The Bertz CT molecular complexity index is 213. The average Bonchev–Trinajstić information content (AvgIpc) is 2.43. The molecule has 2 heteroatoms. The maximum atomic E-state index is 11.0. The Labute approximate surface area is 126 Å². The summed E-state index contributed by atoms with van der Waals surface area (Å²) >= 11 is 0. The predicted molar refractivity (Wildman–Crippen MR) is 87.1 cm³/mol. The van der Waals surface area contributed by atoms with E-state index in [-0.39, 0.29) is 5.92 Å². The molecule has 2 nitrogen and oxygen atoms in total. The molecule has 0 radical (unpaired) electrons. The van der Waals surface area contributed by atoms with Crippen LogP contribution in [0.4, 0.5) is 0 Å². The van der Waals surface area contributed by atoms with Crippen LogP contribution < -0.4 is 0 Å². The van der Waals surface area contributed by atoms with Gasteiger partial charge in [0.05, 0.1) is 5.92 Å². The summed E-state index contributed by atoms with van der Waals surface area (Å²) in [7, 11) is 0. The molecule has 0 aromatic heterocycles. The van der Waals surface area contributed by atoms with Gasteiger partial charge in [0.2, 0.25) is 0 Å². The lowest BCUT2D eigenvalue weighted by molar-refractivity contribution is -0.142. The Morgan fingerprint density at radius 1 is 0.700 bits per heavy atom. The summed E-state index contributed by atoms with van der Waals surface area (Å²) in [4.78, 5) is 11.0. The number of carboxylic acid groups (broad SMARTS) is 1. The number of rotatable bonds is 15. The van der Waals surface area contributed by atoms with Gasteiger partial charge in [-0.15, -0.1) is 0 Å². The molecule has 0 bridgehead atoms. The fourth-order valence-electron chi connectivity index (χ4n) is 2.79. The Morgan fingerprint density at radius 3 is 1.55 bits per heavy atom. The van der Waals surface area contributed by atoms with Crippen LogP contribution in [-0.2, 0) is 4.79 Å². The molecule has 1 unspecified atom stereocenters. The molecule has 0 saturated carbocycles. The molecule has 0 spiro atoms. The topological polar surface area (TPSA) is 37.3 Å². The Hall–Kier alpha value is -0.530. The molecule has 0 aromatic carbocycles. The van der Waals surface area contributed by atoms with Gasteiger partial charge in [0, 0.05) is 0 Å². The lowest BCUT2D eigenvalue weighted by Crippen LogP contribution is -2.13. The minimum absolute atomic E-state index is 0.0986. The van der Waals surface area contributed by atoms with Crippen LogP contribution in [0, 0.1) is 5.92 Å². The first-order valence-corrected chi connectivity index (χ1v) is 8.95. The van der Waals surface area contributed by atoms with E-state index in [0.29, 0.717) is 0 Å². The number of hydrogen-bond donors (Lipinski definition) is 1. The highest BCUT2D eigenvalue weighted by Gasteiger charge is 2.15. The van der Waals surface area contributed by atoms with Gasteiger partial charge in [0.1, 0.15) is 0 Å². The fraction of sp³-hybridized carbons (Fsp3) is 0.944. The molecule has 20 heavy (non-hydrogen) atoms. The molecule has 120 valence electrons. The van der Waals surface area contributed by atoms with Gasteiger partial charge in [0.25, 0.3) is 0 Å². The first-order chi connectivity index (χ1) is 9.72. The van der Waals surface area contributed by atoms with E-state index >= 15 is 0 Å². The van der Waals surface area contributed by atoms with Crippen LogP contribution in [-0.4, -0.2) is 11.1 Å². The number of hydrogen-bond acceptors (Lipinski definition) is 1. The molecule has 0 amide bonds. The van der Waals surface area contributed by atoms with E-state index in [1.54, 1.807) is 0 Å². The van der Waals surface area contributed by atoms with Gasteiger partial charge in [-0.05, 0) is 12.8 Å². The predicted octanol–water partition coefficient (Wildman–Crippen LogP) is 6.19. The molecule has 0 heterocycles. The third kappa shape index (κ3) is 12.5. The van der Waals surface area contributed by atoms with Crippen LogP contribution in [0.25, 0.3) is 0 Å². The minimum atomic E-state index is -0.598. The number of carboxylic acids is 1. The van der Waals surface area contributed by atoms with E-state index < -0.39 is 5.97 Å². The molecule has 0 saturated heterocycles. The van der Waals surface area contributed by atoms with Gasteiger partial charge in [-0.25, -0.2) is 0 Å². The summed E-state index contributed by atoms with van der Waals surface area (Å²) < 4.78 is 0. The van der Waals surface area contributed by atoms with Crippen molar-refractivity contribution in [3.63, 3.8) is 0 Å². The van der Waals surface area contributed by atoms with Crippen molar-refractivity contribution in [2.24, 2.45) is 5.92 Å². The zero-order chi connectivity index (χ0) is 15.1. The van der Waals surface area contributed by atoms with E-state index in [1.807, 2.05) is 0 Å². The van der Waals surface area contributed by atoms with Crippen molar-refractivity contribution in [2.45, 2.75) is 104 Å². The second-order valence-corrected chi connectivity index (χ2v) is 6.15. The van der Waals surface area contributed by atoms with Crippen molar-refractivity contribution in [2.75, 3.05) is 0 Å². The van der Waals surface area contributed by atoms with Crippen LogP contribution in [0.1, 0.15) is 104 Å². The van der Waals surface area contributed by atoms with Crippen LogP contribution in [0.3, 0.4) is 0 Å². The van der Waals surface area contributed by atoms with Crippen LogP contribution in [0.15, 0.2) is 0 Å². The zero-order valence-electron chi connectivity index (χ0n) is 13.8. The second-order valence-electron chi connectivity index (χ2n) is 6.15. The lowest BCUT2D eigenvalue weighted by Gasteiger charge is -2.10. The highest BCUT2D eigenvalue weighted by molar-refractivity contribution is 5.69. The first kappa shape index (κ1) is 19.5. The standard InChI is InChI=1S/C18H36O2/c1-3-5-6-7-8-9-10-11-12-13-14-16-17(15-4-2)18(19)20/h17H,3-16H2,1-2H3,(H,19,20). The van der Waals surface area contributed by atoms with Crippen LogP contribution in [0.2, 0.25) is 0 Å². The van der Waals surface area contributed by atoms with Gasteiger partial charge in [-0.3, -0.25) is 4.79 Å². The maximum Gasteiger partial charge on any atom is 0.306 e. The summed E-state index contributed by atoms with van der Waals surface area (Å²) in [5.41, 5.74) is 0. The summed E-state index contributed by atoms with van der Waals surface area (Å²) in [6.07, 6.45) is 17.3. The molecule has 1 N–H and O–H groups in total. The van der Waals surface area contributed by atoms with E-state index in [1.165, 1.54) is 64.2 Å². The summed E-state index contributed by atoms with van der Waals surface area (Å²) in [6, 6.07) is 0. The summed E-state index contributed by atoms with van der Waals surface area (Å²) in [5.74, 6) is -0.697. The Balaban J connectivity index is 3.25. The van der Waals surface area contributed by atoms with Crippen molar-refractivity contribution >= 4 is 5.97 Å². The lowest BCUT2D eigenvalue weighted by atomic mass is 9.96. The number of aliphatic carboxylic acids is 1. The smallest absolute Gasteiger partial charge is 0.306 e. The summed E-state index contributed by atoms with van der Waals surface area (Å²) in [6.45, 7) is 4.33. The highest BCUT2D eigenvalue weighted by Crippen LogP contribution is 2.17. The molecule has 0 aliphatic heterocycles. The van der Waals surface area contributed by atoms with Gasteiger partial charge >= 0.3 is 5.97 Å². The van der Waals surface area contributed by atoms with E-state index in [9.17, 15) is 4.79 Å². The number of carbonyl (C=O) groups is 1. The largest absolute Gasteiger partial charge is 0.481 e. The van der Waals surface area contributed by atoms with E-state index in [2.05, 4.69) is 13.8 Å². The van der Waals surface area contributed by atoms with E-state index in [4.69, 9.17) is 5.11 Å². The molecular weight excluding hydrogens is 248 g/mol. The van der Waals surface area contributed by atoms with Crippen molar-refractivity contribution in [1.82, 2.24) is 0 Å². The SMILES string of the molecule is CCCCCCCCCCCCCC(CCC)C(=O)O. The first-order valence-electron chi connectivity index (χ1n) is 8.95. The normalized spacial score (nSPS) is 12.5. The van der Waals surface area contributed by atoms with Crippen molar-refractivity contribution in [3.05, 3.63) is 0 Å². The van der Waals surface area contributed by atoms with Crippen LogP contribution in [0.5, 0.6) is 0 Å². The second kappa shape index (κ2) is 14.9. The number of unbranched alkanes of at least 4 members (excludes halogenated alkanes) is 10. The molecule has 0 aliphatic carbocycles. The van der Waals surface area contributed by atoms with Crippen molar-refractivity contribution in [1.29, 1.82) is 0 Å². The third-order valence-electron chi connectivity index (χ3n) is 4.14. The maximum absolute atomic E-state index is 11.0. The quantitative estimate of drug-likeness (QED) is 0.364. The molecule has 1 atom stereocenters. The minimum Gasteiger partial charge on any atom is -0.481 e. The monoisotopic (exact) mass is 284 g/mol. The highest BCUT2D eigenvalue weighted by atomic mass is 16.4. The van der Waals surface area contributed by atoms with Crippen LogP contribution >= 0.6 is 0 Å². The Morgan fingerprint density at radius 2 is 1.15 bits per heavy atom. The molecule has 0 rings (SSSR count). The molecule has 0 aliphatic rings. The van der Waals surface area contributed by atoms with Gasteiger partial charge in [0.15, 0.2) is 0 Å². The zero-order valence-corrected chi connectivity index (χ0v) is 13.8. The molecule has 0 aromatic rings. The Kier molecular flexibility index (Phi) is 14.5. The van der Waals surface area contributed by atoms with E-state index in [0.717, 1.165) is 25.7 Å². The fourth-order valence-corrected chi connectivity index (χ4v) is 2.79. The third-order valence-corrected chi connectivity index (χ3v) is 4.14. The molecule has 0 fully saturated rings. The molecular formula is C18H36O2. The van der Waals surface area contributed by atoms with Gasteiger partial charge in [-0.1, -0.05) is 90.9 Å². The summed E-state index contributed by atoms with van der Waals surface area (Å²) in [5, 5.41) is 9.07.